The molecule has 0 bridgehead atoms. The molecule has 4 nitrogen and oxygen atoms in total. The molecule has 74 valence electrons. The van der Waals surface area contributed by atoms with Crippen molar-refractivity contribution in [2.45, 2.75) is 13.8 Å². The highest BCUT2D eigenvalue weighted by atomic mass is 16.2. The highest BCUT2D eigenvalue weighted by molar-refractivity contribution is 6.23. The van der Waals surface area contributed by atoms with E-state index < -0.39 is 11.8 Å². The zero-order valence-electron chi connectivity index (χ0n) is 8.37. The van der Waals surface area contributed by atoms with E-state index in [0.717, 1.165) is 11.1 Å². The van der Waals surface area contributed by atoms with Crippen molar-refractivity contribution in [2.24, 2.45) is 0 Å². The fourth-order valence-electron chi connectivity index (χ4n) is 1.68. The van der Waals surface area contributed by atoms with Crippen molar-refractivity contribution in [3.8, 4) is 6.19 Å². The molecule has 0 radical (unpaired) electrons. The van der Waals surface area contributed by atoms with E-state index in [1.54, 1.807) is 25.2 Å². The molecule has 0 unspecified atom stereocenters. The summed E-state index contributed by atoms with van der Waals surface area (Å²) in [6.45, 7) is 3.64. The van der Waals surface area contributed by atoms with Gasteiger partial charge in [-0.3, -0.25) is 9.59 Å². The topological polar surface area (TPSA) is 61.2 Å². The van der Waals surface area contributed by atoms with Gasteiger partial charge >= 0.3 is 0 Å². The molecule has 1 aliphatic rings. The summed E-state index contributed by atoms with van der Waals surface area (Å²) in [5.74, 6) is -1.04. The molecule has 0 atom stereocenters. The molecule has 0 saturated heterocycles. The van der Waals surface area contributed by atoms with E-state index in [-0.39, 0.29) is 0 Å². The second-order valence-electron chi connectivity index (χ2n) is 3.48. The molecule has 0 fully saturated rings. The Morgan fingerprint density at radius 2 is 1.87 bits per heavy atom. The second-order valence-corrected chi connectivity index (χ2v) is 3.48. The fourth-order valence-corrected chi connectivity index (χ4v) is 1.68. The van der Waals surface area contributed by atoms with Crippen LogP contribution in [0.2, 0.25) is 0 Å². The van der Waals surface area contributed by atoms with Crippen molar-refractivity contribution >= 4 is 11.8 Å². The Hall–Kier alpha value is -2.15. The van der Waals surface area contributed by atoms with E-state index in [4.69, 9.17) is 5.26 Å². The lowest BCUT2D eigenvalue weighted by Crippen LogP contribution is -2.23. The summed E-state index contributed by atoms with van der Waals surface area (Å²) in [6, 6.07) is 3.37. The van der Waals surface area contributed by atoms with Gasteiger partial charge in [0.25, 0.3) is 11.8 Å². The quantitative estimate of drug-likeness (QED) is 0.469. The Labute approximate surface area is 86.7 Å². The first-order valence-electron chi connectivity index (χ1n) is 4.46. The summed E-state index contributed by atoms with van der Waals surface area (Å²) in [5.41, 5.74) is 2.39. The number of hydrogen-bond donors (Lipinski definition) is 0. The Morgan fingerprint density at radius 1 is 1.20 bits per heavy atom. The minimum Gasteiger partial charge on any atom is -0.267 e. The normalized spacial score (nSPS) is 14.1. The summed E-state index contributed by atoms with van der Waals surface area (Å²) < 4.78 is 0. The molecule has 0 saturated carbocycles. The van der Waals surface area contributed by atoms with E-state index in [2.05, 4.69) is 0 Å². The van der Waals surface area contributed by atoms with Gasteiger partial charge in [-0.2, -0.15) is 10.2 Å². The largest absolute Gasteiger partial charge is 0.275 e. The first-order valence-corrected chi connectivity index (χ1v) is 4.46. The Balaban J connectivity index is 2.75. The van der Waals surface area contributed by atoms with Crippen molar-refractivity contribution < 1.29 is 9.59 Å². The summed E-state index contributed by atoms with van der Waals surface area (Å²) >= 11 is 0. The number of benzene rings is 1. The molecule has 4 heteroatoms. The number of imide groups is 1. The summed E-state index contributed by atoms with van der Waals surface area (Å²) in [7, 11) is 0. The summed E-state index contributed by atoms with van der Waals surface area (Å²) in [4.78, 5) is 23.9. The van der Waals surface area contributed by atoms with Crippen molar-refractivity contribution in [1.82, 2.24) is 4.90 Å². The number of rotatable bonds is 0. The third-order valence-corrected chi connectivity index (χ3v) is 2.69. The van der Waals surface area contributed by atoms with E-state index >= 15 is 0 Å². The number of amides is 2. The number of carbonyl (C=O) groups is 2. The molecule has 0 aliphatic carbocycles. The van der Waals surface area contributed by atoms with Crippen LogP contribution in [0.3, 0.4) is 0 Å². The molecule has 2 rings (SSSR count). The minimum absolute atomic E-state index is 0.324. The Morgan fingerprint density at radius 3 is 2.47 bits per heavy atom. The highest BCUT2D eigenvalue weighted by Crippen LogP contribution is 2.26. The third kappa shape index (κ3) is 1.07. The van der Waals surface area contributed by atoms with Crippen molar-refractivity contribution in [1.29, 1.82) is 5.26 Å². The molecule has 0 aromatic heterocycles. The predicted octanol–water partition coefficient (Wildman–Crippen LogP) is 1.38. The number of fused-ring (bicyclic) bond motifs is 1. The van der Waals surface area contributed by atoms with E-state index in [1.807, 2.05) is 6.92 Å². The van der Waals surface area contributed by atoms with E-state index in [1.165, 1.54) is 0 Å². The van der Waals surface area contributed by atoms with Crippen LogP contribution in [0.4, 0.5) is 0 Å². The Kier molecular flexibility index (Phi) is 1.83. The van der Waals surface area contributed by atoms with E-state index in [9.17, 15) is 9.59 Å². The maximum atomic E-state index is 11.7. The lowest BCUT2D eigenvalue weighted by Gasteiger charge is -2.03. The first kappa shape index (κ1) is 9.41. The first-order chi connectivity index (χ1) is 7.07. The fraction of sp³-hybridized carbons (Fsp3) is 0.182. The highest BCUT2D eigenvalue weighted by Gasteiger charge is 2.37. The molecular weight excluding hydrogens is 192 g/mol. The summed E-state index contributed by atoms with van der Waals surface area (Å²) in [6.07, 6.45) is 1.59. The zero-order chi connectivity index (χ0) is 11.2. The van der Waals surface area contributed by atoms with Crippen LogP contribution in [-0.2, 0) is 0 Å². The van der Waals surface area contributed by atoms with Crippen molar-refractivity contribution in [3.05, 3.63) is 34.4 Å². The van der Waals surface area contributed by atoms with Crippen LogP contribution in [0, 0.1) is 25.3 Å². The van der Waals surface area contributed by atoms with Crippen LogP contribution in [0.15, 0.2) is 12.1 Å². The molecule has 0 spiro atoms. The molecule has 1 aromatic carbocycles. The summed E-state index contributed by atoms with van der Waals surface area (Å²) in [5, 5.41) is 8.67. The van der Waals surface area contributed by atoms with Gasteiger partial charge in [-0.25, -0.2) is 0 Å². The van der Waals surface area contributed by atoms with Gasteiger partial charge in [0.15, 0.2) is 6.19 Å². The lowest BCUT2D eigenvalue weighted by atomic mass is 9.99. The predicted molar refractivity (Wildman–Crippen MR) is 52.0 cm³/mol. The Bertz CT molecular complexity index is 526. The van der Waals surface area contributed by atoms with Gasteiger partial charge in [-0.1, -0.05) is 6.07 Å². The lowest BCUT2D eigenvalue weighted by molar-refractivity contribution is 0.0732. The average Bonchev–Trinajstić information content (AvgIpc) is 2.45. The van der Waals surface area contributed by atoms with Crippen molar-refractivity contribution in [2.75, 3.05) is 0 Å². The van der Waals surface area contributed by atoms with Crippen molar-refractivity contribution in [3.63, 3.8) is 0 Å². The maximum Gasteiger partial charge on any atom is 0.275 e. The molecule has 0 N–H and O–H groups in total. The smallest absolute Gasteiger partial charge is 0.267 e. The number of carbonyl (C=O) groups excluding carboxylic acids is 2. The third-order valence-electron chi connectivity index (χ3n) is 2.69. The standard InChI is InChI=1S/C11H8N2O2/c1-6-3-4-8-9(7(6)2)11(15)13(5-12)10(8)14/h3-4H,1-2H3. The molecule has 1 aromatic rings. The van der Waals surface area contributed by atoms with Crippen LogP contribution in [0.5, 0.6) is 0 Å². The molecule has 2 amide bonds. The maximum absolute atomic E-state index is 11.7. The zero-order valence-corrected chi connectivity index (χ0v) is 8.37. The van der Waals surface area contributed by atoms with Gasteiger partial charge in [0.2, 0.25) is 0 Å². The number of nitriles is 1. The molecule has 15 heavy (non-hydrogen) atoms. The SMILES string of the molecule is Cc1ccc2c(c1C)C(=O)N(C#N)C2=O. The molecule has 1 heterocycles. The molecule has 1 aliphatic heterocycles. The van der Waals surface area contributed by atoms with Gasteiger partial charge in [0.1, 0.15) is 0 Å². The van der Waals surface area contributed by atoms with Crippen LogP contribution in [0.1, 0.15) is 31.8 Å². The van der Waals surface area contributed by atoms with Crippen LogP contribution >= 0.6 is 0 Å². The number of nitrogens with zero attached hydrogens (tertiary/aromatic N) is 2. The van der Waals surface area contributed by atoms with E-state index in [0.29, 0.717) is 16.0 Å². The minimum atomic E-state index is -0.527. The van der Waals surface area contributed by atoms with Crippen LogP contribution in [-0.4, -0.2) is 16.7 Å². The average molecular weight is 200 g/mol. The van der Waals surface area contributed by atoms with Gasteiger partial charge < -0.3 is 0 Å². The number of aryl methyl sites for hydroxylation is 1. The van der Waals surface area contributed by atoms with Crippen LogP contribution < -0.4 is 0 Å². The van der Waals surface area contributed by atoms with Gasteiger partial charge in [0, 0.05) is 0 Å². The van der Waals surface area contributed by atoms with Gasteiger partial charge in [0.05, 0.1) is 11.1 Å². The molecular formula is C11H8N2O2. The number of hydrogen-bond acceptors (Lipinski definition) is 3. The van der Waals surface area contributed by atoms with Gasteiger partial charge in [-0.05, 0) is 31.0 Å². The van der Waals surface area contributed by atoms with Gasteiger partial charge in [-0.15, -0.1) is 0 Å². The monoisotopic (exact) mass is 200 g/mol. The second kappa shape index (κ2) is 2.92. The van der Waals surface area contributed by atoms with Crippen LogP contribution in [0.25, 0.3) is 0 Å².